The van der Waals surface area contributed by atoms with Gasteiger partial charge in [0.15, 0.2) is 6.29 Å². The van der Waals surface area contributed by atoms with Crippen molar-refractivity contribution in [1.82, 2.24) is 0 Å². The highest BCUT2D eigenvalue weighted by Crippen LogP contribution is 2.40. The first-order chi connectivity index (χ1) is 11.8. The number of rotatable bonds is 4. The molecule has 5 atom stereocenters. The van der Waals surface area contributed by atoms with Crippen LogP contribution < -0.4 is 0 Å². The van der Waals surface area contributed by atoms with Crippen molar-refractivity contribution in [2.75, 3.05) is 0 Å². The predicted octanol–water partition coefficient (Wildman–Crippen LogP) is 4.29. The van der Waals surface area contributed by atoms with Gasteiger partial charge in [-0.1, -0.05) is 38.0 Å². The lowest BCUT2D eigenvalue weighted by atomic mass is 9.84. The summed E-state index contributed by atoms with van der Waals surface area (Å²) >= 11 is 0. The van der Waals surface area contributed by atoms with E-state index in [1.54, 1.807) is 0 Å². The van der Waals surface area contributed by atoms with Crippen LogP contribution in [-0.2, 0) is 19.0 Å². The van der Waals surface area contributed by atoms with Gasteiger partial charge in [-0.3, -0.25) is 4.79 Å². The Morgan fingerprint density at radius 3 is 2.88 bits per heavy atom. The van der Waals surface area contributed by atoms with Crippen LogP contribution in [0.3, 0.4) is 0 Å². The van der Waals surface area contributed by atoms with Crippen LogP contribution in [-0.4, -0.2) is 30.6 Å². The highest BCUT2D eigenvalue weighted by Gasteiger charge is 2.46. The number of allylic oxidation sites excluding steroid dienone is 2. The van der Waals surface area contributed by atoms with Gasteiger partial charge in [-0.2, -0.15) is 0 Å². The van der Waals surface area contributed by atoms with Crippen LogP contribution in [0.25, 0.3) is 0 Å². The number of cyclic esters (lactones) is 1. The van der Waals surface area contributed by atoms with Crippen molar-refractivity contribution < 1.29 is 19.0 Å². The molecule has 0 aromatic heterocycles. The lowest BCUT2D eigenvalue weighted by Gasteiger charge is -2.49. The third kappa shape index (κ3) is 4.70. The van der Waals surface area contributed by atoms with Crippen LogP contribution in [0.2, 0.25) is 0 Å². The highest BCUT2D eigenvalue weighted by molar-refractivity contribution is 5.69. The summed E-state index contributed by atoms with van der Waals surface area (Å²) in [6.07, 6.45) is 17.4. The zero-order chi connectivity index (χ0) is 16.8. The molecule has 4 aliphatic heterocycles. The maximum absolute atomic E-state index is 12.0. The second-order valence-corrected chi connectivity index (χ2v) is 7.11. The number of carbonyl (C=O) groups is 1. The van der Waals surface area contributed by atoms with Crippen molar-refractivity contribution in [3.63, 3.8) is 0 Å². The Labute approximate surface area is 145 Å². The minimum Gasteiger partial charge on any atom is -0.458 e. The van der Waals surface area contributed by atoms with E-state index < -0.39 is 0 Å². The SMILES string of the molecule is CCCCC[C@H]1/C=C/[C@H]2O[C@H]3C[C@H](O3)[C@@H]2C/C=C\CCCC(=O)O1. The van der Waals surface area contributed by atoms with Gasteiger partial charge >= 0.3 is 5.97 Å². The molecule has 4 nitrogen and oxygen atoms in total. The predicted molar refractivity (Wildman–Crippen MR) is 92.4 cm³/mol. The van der Waals surface area contributed by atoms with Gasteiger partial charge in [0.05, 0.1) is 12.2 Å². The summed E-state index contributed by atoms with van der Waals surface area (Å²) in [6.45, 7) is 2.19. The van der Waals surface area contributed by atoms with E-state index in [1.807, 2.05) is 0 Å². The minimum absolute atomic E-state index is 0.0401. The average Bonchev–Trinajstić information content (AvgIpc) is 2.56. The molecule has 134 valence electrons. The van der Waals surface area contributed by atoms with Crippen molar-refractivity contribution in [1.29, 1.82) is 0 Å². The third-order valence-electron chi connectivity index (χ3n) is 5.18. The van der Waals surface area contributed by atoms with Crippen molar-refractivity contribution >= 4 is 5.97 Å². The molecule has 4 aliphatic rings. The Hall–Kier alpha value is -1.13. The first kappa shape index (κ1) is 17.7. The molecule has 3 fully saturated rings. The lowest BCUT2D eigenvalue weighted by Crippen LogP contribution is -2.55. The van der Waals surface area contributed by atoms with Crippen LogP contribution in [0.4, 0.5) is 0 Å². The van der Waals surface area contributed by atoms with Gasteiger partial charge in [-0.15, -0.1) is 0 Å². The van der Waals surface area contributed by atoms with Crippen molar-refractivity contribution in [2.24, 2.45) is 5.92 Å². The largest absolute Gasteiger partial charge is 0.458 e. The first-order valence-corrected chi connectivity index (χ1v) is 9.60. The van der Waals surface area contributed by atoms with Crippen LogP contribution in [0.5, 0.6) is 0 Å². The van der Waals surface area contributed by atoms with E-state index in [-0.39, 0.29) is 24.5 Å². The number of unbranched alkanes of at least 4 members (excludes halogenated alkanes) is 2. The summed E-state index contributed by atoms with van der Waals surface area (Å²) in [5, 5.41) is 0. The molecule has 0 N–H and O–H groups in total. The van der Waals surface area contributed by atoms with Gasteiger partial charge < -0.3 is 14.2 Å². The molecular formula is C20H30O4. The first-order valence-electron chi connectivity index (χ1n) is 9.60. The van der Waals surface area contributed by atoms with Crippen molar-refractivity contribution in [3.05, 3.63) is 24.3 Å². The standard InChI is InChI=1S/C20H30O4/c1-2-3-6-9-15-12-13-17-16(18-14-20(23-17)24-18)10-7-4-5-8-11-19(21)22-15/h4,7,12-13,15-18,20H,2-3,5-6,8-11,14H2,1H3/b7-4-,13-12+/t15-,16+,17+,18-,20+/m0/s1. The summed E-state index contributed by atoms with van der Waals surface area (Å²) in [4.78, 5) is 12.0. The third-order valence-corrected chi connectivity index (χ3v) is 5.18. The Kier molecular flexibility index (Phi) is 6.50. The van der Waals surface area contributed by atoms with Gasteiger partial charge in [0.25, 0.3) is 0 Å². The van der Waals surface area contributed by atoms with Crippen LogP contribution >= 0.6 is 0 Å². The van der Waals surface area contributed by atoms with Crippen LogP contribution in [0.15, 0.2) is 24.3 Å². The van der Waals surface area contributed by atoms with Gasteiger partial charge in [0.1, 0.15) is 6.10 Å². The fraction of sp³-hybridized carbons (Fsp3) is 0.750. The Balaban J connectivity index is 1.68. The molecule has 2 bridgehead atoms. The summed E-state index contributed by atoms with van der Waals surface area (Å²) in [7, 11) is 0. The van der Waals surface area contributed by atoms with Gasteiger partial charge in [-0.25, -0.2) is 0 Å². The van der Waals surface area contributed by atoms with Crippen molar-refractivity contribution in [3.8, 4) is 0 Å². The number of esters is 1. The highest BCUT2D eigenvalue weighted by atomic mass is 16.7. The summed E-state index contributed by atoms with van der Waals surface area (Å²) < 4.78 is 17.4. The fourth-order valence-electron chi connectivity index (χ4n) is 3.69. The summed E-state index contributed by atoms with van der Waals surface area (Å²) in [5.74, 6) is 0.288. The molecule has 4 heterocycles. The quantitative estimate of drug-likeness (QED) is 0.437. The molecular weight excluding hydrogens is 304 g/mol. The summed E-state index contributed by atoms with van der Waals surface area (Å²) in [5.41, 5.74) is 0. The maximum atomic E-state index is 12.0. The van der Waals surface area contributed by atoms with E-state index in [1.165, 1.54) is 12.8 Å². The zero-order valence-corrected chi connectivity index (χ0v) is 14.7. The second-order valence-electron chi connectivity index (χ2n) is 7.11. The lowest BCUT2D eigenvalue weighted by molar-refractivity contribution is -0.337. The Morgan fingerprint density at radius 1 is 1.17 bits per heavy atom. The molecule has 24 heavy (non-hydrogen) atoms. The van der Waals surface area contributed by atoms with E-state index >= 15 is 0 Å². The Bertz CT molecular complexity index is 464. The molecule has 0 aromatic rings. The molecule has 0 unspecified atom stereocenters. The van der Waals surface area contributed by atoms with Gasteiger partial charge in [-0.05, 0) is 38.2 Å². The molecule has 0 saturated carbocycles. The molecule has 0 spiro atoms. The van der Waals surface area contributed by atoms with E-state index in [0.717, 1.165) is 38.5 Å². The minimum atomic E-state index is -0.124. The van der Waals surface area contributed by atoms with Crippen molar-refractivity contribution in [2.45, 2.75) is 89.3 Å². The molecule has 3 saturated heterocycles. The topological polar surface area (TPSA) is 44.8 Å². The number of hydrogen-bond donors (Lipinski definition) is 0. The number of carbonyl (C=O) groups excluding carboxylic acids is 1. The molecule has 0 aromatic carbocycles. The monoisotopic (exact) mass is 334 g/mol. The molecule has 4 heteroatoms. The second kappa shape index (κ2) is 8.82. The smallest absolute Gasteiger partial charge is 0.306 e. The van der Waals surface area contributed by atoms with Crippen LogP contribution in [0.1, 0.15) is 64.7 Å². The summed E-state index contributed by atoms with van der Waals surface area (Å²) in [6, 6.07) is 0. The Morgan fingerprint density at radius 2 is 2.04 bits per heavy atom. The molecule has 0 aliphatic carbocycles. The number of ether oxygens (including phenoxy) is 3. The van der Waals surface area contributed by atoms with Gasteiger partial charge in [0, 0.05) is 18.8 Å². The van der Waals surface area contributed by atoms with E-state index in [9.17, 15) is 4.79 Å². The maximum Gasteiger partial charge on any atom is 0.306 e. The fourth-order valence-corrected chi connectivity index (χ4v) is 3.69. The molecule has 0 amide bonds. The number of hydrogen-bond acceptors (Lipinski definition) is 4. The molecule has 0 radical (unpaired) electrons. The van der Waals surface area contributed by atoms with E-state index in [2.05, 4.69) is 31.2 Å². The zero-order valence-electron chi connectivity index (χ0n) is 14.7. The van der Waals surface area contributed by atoms with Gasteiger partial charge in [0.2, 0.25) is 0 Å². The average molecular weight is 334 g/mol. The van der Waals surface area contributed by atoms with E-state index in [0.29, 0.717) is 18.4 Å². The van der Waals surface area contributed by atoms with Crippen LogP contribution in [0, 0.1) is 5.92 Å². The van der Waals surface area contributed by atoms with E-state index in [4.69, 9.17) is 14.2 Å². The molecule has 4 rings (SSSR count). The normalized spacial score (nSPS) is 39.2.